The van der Waals surface area contributed by atoms with Crippen molar-refractivity contribution < 1.29 is 12.8 Å². The van der Waals surface area contributed by atoms with Gasteiger partial charge in [0.2, 0.25) is 10.0 Å². The Balaban J connectivity index is 1.77. The van der Waals surface area contributed by atoms with Crippen LogP contribution in [0.3, 0.4) is 0 Å². The van der Waals surface area contributed by atoms with Crippen LogP contribution in [0.2, 0.25) is 5.02 Å². The molecule has 0 amide bonds. The zero-order valence-electron chi connectivity index (χ0n) is 12.9. The number of pyridine rings is 1. The maximum Gasteiger partial charge on any atom is 0.240 e. The van der Waals surface area contributed by atoms with Gasteiger partial charge in [-0.1, -0.05) is 17.7 Å². The van der Waals surface area contributed by atoms with Gasteiger partial charge in [0, 0.05) is 17.8 Å². The largest absolute Gasteiger partial charge is 0.463 e. The molecule has 24 heavy (non-hydrogen) atoms. The van der Waals surface area contributed by atoms with Gasteiger partial charge in [0.25, 0.3) is 0 Å². The summed E-state index contributed by atoms with van der Waals surface area (Å²) in [5.74, 6) is 0.630. The van der Waals surface area contributed by atoms with Crippen LogP contribution in [0.1, 0.15) is 11.1 Å². The molecule has 0 fully saturated rings. The number of rotatable bonds is 5. The van der Waals surface area contributed by atoms with E-state index < -0.39 is 10.0 Å². The van der Waals surface area contributed by atoms with Crippen LogP contribution in [0.25, 0.3) is 11.5 Å². The highest BCUT2D eigenvalue weighted by Gasteiger charge is 2.15. The maximum absolute atomic E-state index is 12.4. The highest BCUT2D eigenvalue weighted by Crippen LogP contribution is 2.21. The Kier molecular flexibility index (Phi) is 4.71. The number of benzene rings is 1. The molecule has 124 valence electrons. The smallest absolute Gasteiger partial charge is 0.240 e. The molecule has 0 aliphatic heterocycles. The van der Waals surface area contributed by atoms with Crippen molar-refractivity contribution in [1.82, 2.24) is 9.71 Å². The van der Waals surface area contributed by atoms with Gasteiger partial charge in [0.1, 0.15) is 5.69 Å². The first-order valence-corrected chi connectivity index (χ1v) is 9.06. The van der Waals surface area contributed by atoms with Crippen LogP contribution in [-0.2, 0) is 16.6 Å². The van der Waals surface area contributed by atoms with E-state index in [-0.39, 0.29) is 11.4 Å². The first-order valence-electron chi connectivity index (χ1n) is 7.20. The number of nitrogens with zero attached hydrogens (tertiary/aromatic N) is 1. The second kappa shape index (κ2) is 6.76. The van der Waals surface area contributed by atoms with E-state index in [1.165, 1.54) is 12.1 Å². The van der Waals surface area contributed by atoms with Gasteiger partial charge >= 0.3 is 0 Å². The minimum absolute atomic E-state index is 0.137. The van der Waals surface area contributed by atoms with E-state index in [2.05, 4.69) is 9.71 Å². The highest BCUT2D eigenvalue weighted by molar-refractivity contribution is 7.89. The Morgan fingerprint density at radius 3 is 2.75 bits per heavy atom. The summed E-state index contributed by atoms with van der Waals surface area (Å²) in [5.41, 5.74) is 2.25. The summed E-state index contributed by atoms with van der Waals surface area (Å²) >= 11 is 6.00. The molecule has 0 spiro atoms. The summed E-state index contributed by atoms with van der Waals surface area (Å²) in [7, 11) is -3.64. The summed E-state index contributed by atoms with van der Waals surface area (Å²) in [6, 6.07) is 11.8. The van der Waals surface area contributed by atoms with E-state index in [9.17, 15) is 8.42 Å². The molecule has 0 atom stereocenters. The lowest BCUT2D eigenvalue weighted by Crippen LogP contribution is -2.23. The number of hydrogen-bond donors (Lipinski definition) is 1. The van der Waals surface area contributed by atoms with Crippen LogP contribution < -0.4 is 4.72 Å². The number of aromatic nitrogens is 1. The molecule has 0 aliphatic carbocycles. The van der Waals surface area contributed by atoms with Crippen molar-refractivity contribution in [2.45, 2.75) is 18.4 Å². The second-order valence-electron chi connectivity index (χ2n) is 5.26. The molecule has 3 aromatic rings. The van der Waals surface area contributed by atoms with Gasteiger partial charge in [-0.3, -0.25) is 4.98 Å². The number of nitrogens with one attached hydrogen (secondary N) is 1. The van der Waals surface area contributed by atoms with Gasteiger partial charge in [0.15, 0.2) is 5.76 Å². The standard InChI is InChI=1S/C17H15ClN2O3S/c1-12-4-5-14(10-15(12)18)24(21,22)20-11-13-6-7-19-16(9-13)17-3-2-8-23-17/h2-10,20H,11H2,1H3. The molecule has 7 heteroatoms. The average molecular weight is 363 g/mol. The summed E-state index contributed by atoms with van der Waals surface area (Å²) in [4.78, 5) is 4.35. The van der Waals surface area contributed by atoms with Crippen LogP contribution in [-0.4, -0.2) is 13.4 Å². The van der Waals surface area contributed by atoms with Gasteiger partial charge in [-0.2, -0.15) is 0 Å². The van der Waals surface area contributed by atoms with Crippen molar-refractivity contribution in [2.75, 3.05) is 0 Å². The first kappa shape index (κ1) is 16.7. The predicted molar refractivity (Wildman–Crippen MR) is 92.2 cm³/mol. The molecule has 2 heterocycles. The van der Waals surface area contributed by atoms with E-state index in [1.807, 2.05) is 6.92 Å². The molecule has 3 rings (SSSR count). The van der Waals surface area contributed by atoms with Crippen LogP contribution in [0.15, 0.2) is 64.2 Å². The second-order valence-corrected chi connectivity index (χ2v) is 7.44. The summed E-state index contributed by atoms with van der Waals surface area (Å²) in [6.45, 7) is 1.96. The van der Waals surface area contributed by atoms with E-state index in [1.54, 1.807) is 42.8 Å². The molecule has 0 aliphatic rings. The molecule has 0 bridgehead atoms. The lowest BCUT2D eigenvalue weighted by molar-refractivity contribution is 0.579. The summed E-state index contributed by atoms with van der Waals surface area (Å²) in [5, 5.41) is 0.418. The summed E-state index contributed by atoms with van der Waals surface area (Å²) in [6.07, 6.45) is 3.18. The average Bonchev–Trinajstić information content (AvgIpc) is 3.10. The minimum atomic E-state index is -3.64. The number of furan rings is 1. The minimum Gasteiger partial charge on any atom is -0.463 e. The molecule has 5 nitrogen and oxygen atoms in total. The van der Waals surface area contributed by atoms with Crippen LogP contribution >= 0.6 is 11.6 Å². The quantitative estimate of drug-likeness (QED) is 0.749. The number of halogens is 1. The van der Waals surface area contributed by atoms with Crippen molar-refractivity contribution in [2.24, 2.45) is 0 Å². The van der Waals surface area contributed by atoms with Crippen LogP contribution in [0, 0.1) is 6.92 Å². The number of hydrogen-bond acceptors (Lipinski definition) is 4. The Hall–Kier alpha value is -2.15. The van der Waals surface area contributed by atoms with Crippen LogP contribution in [0.5, 0.6) is 0 Å². The third-order valence-corrected chi connectivity index (χ3v) is 5.32. The topological polar surface area (TPSA) is 72.2 Å². The van der Waals surface area contributed by atoms with Gasteiger partial charge < -0.3 is 4.42 Å². The SMILES string of the molecule is Cc1ccc(S(=O)(=O)NCc2ccnc(-c3ccco3)c2)cc1Cl. The lowest BCUT2D eigenvalue weighted by Gasteiger charge is -2.08. The highest BCUT2D eigenvalue weighted by atomic mass is 35.5. The van der Waals surface area contributed by atoms with Crippen molar-refractivity contribution >= 4 is 21.6 Å². The normalized spacial score (nSPS) is 11.6. The Morgan fingerprint density at radius 2 is 2.04 bits per heavy atom. The Morgan fingerprint density at radius 1 is 1.21 bits per heavy atom. The first-order chi connectivity index (χ1) is 11.5. The van der Waals surface area contributed by atoms with E-state index in [0.29, 0.717) is 16.5 Å². The molecule has 1 aromatic carbocycles. The van der Waals surface area contributed by atoms with E-state index >= 15 is 0 Å². The lowest BCUT2D eigenvalue weighted by atomic mass is 10.2. The number of aryl methyl sites for hydroxylation is 1. The van der Waals surface area contributed by atoms with Crippen LogP contribution in [0.4, 0.5) is 0 Å². The van der Waals surface area contributed by atoms with Gasteiger partial charge in [-0.15, -0.1) is 0 Å². The molecule has 0 saturated carbocycles. The van der Waals surface area contributed by atoms with Crippen molar-refractivity contribution in [1.29, 1.82) is 0 Å². The zero-order valence-corrected chi connectivity index (χ0v) is 14.4. The monoisotopic (exact) mass is 362 g/mol. The molecular weight excluding hydrogens is 348 g/mol. The van der Waals surface area contributed by atoms with Gasteiger partial charge in [0.05, 0.1) is 11.2 Å². The van der Waals surface area contributed by atoms with Crippen molar-refractivity contribution in [3.05, 3.63) is 71.1 Å². The Bertz CT molecular complexity index is 954. The molecular formula is C17H15ClN2O3S. The molecule has 0 saturated heterocycles. The zero-order chi connectivity index (χ0) is 17.2. The predicted octanol–water partition coefficient (Wildman–Crippen LogP) is 3.78. The van der Waals surface area contributed by atoms with E-state index in [0.717, 1.165) is 11.1 Å². The molecule has 0 unspecified atom stereocenters. The maximum atomic E-state index is 12.4. The molecule has 0 radical (unpaired) electrons. The summed E-state index contributed by atoms with van der Waals surface area (Å²) < 4.78 is 32.6. The fraction of sp³-hybridized carbons (Fsp3) is 0.118. The van der Waals surface area contributed by atoms with E-state index in [4.69, 9.17) is 16.0 Å². The molecule has 1 N–H and O–H groups in total. The number of sulfonamides is 1. The van der Waals surface area contributed by atoms with Crippen molar-refractivity contribution in [3.8, 4) is 11.5 Å². The molecule has 2 aromatic heterocycles. The third kappa shape index (κ3) is 3.67. The van der Waals surface area contributed by atoms with Gasteiger partial charge in [-0.25, -0.2) is 13.1 Å². The van der Waals surface area contributed by atoms with Crippen molar-refractivity contribution in [3.63, 3.8) is 0 Å². The fourth-order valence-corrected chi connectivity index (χ4v) is 3.43. The third-order valence-electron chi connectivity index (χ3n) is 3.52. The fourth-order valence-electron chi connectivity index (χ4n) is 2.15. The van der Waals surface area contributed by atoms with Gasteiger partial charge in [-0.05, 0) is 54.4 Å². The Labute approximate surface area is 145 Å².